The summed E-state index contributed by atoms with van der Waals surface area (Å²) in [4.78, 5) is 3.06. The maximum absolute atomic E-state index is 7.95. The number of nitrogens with zero attached hydrogens (tertiary/aromatic N) is 1. The molecule has 0 aliphatic rings. The van der Waals surface area contributed by atoms with Gasteiger partial charge in [0.15, 0.2) is 9.31 Å². The van der Waals surface area contributed by atoms with Crippen LogP contribution < -0.4 is 0 Å². The fourth-order valence-electron chi connectivity index (χ4n) is 0.353. The van der Waals surface area contributed by atoms with Gasteiger partial charge in [0.2, 0.25) is 0 Å². The predicted molar refractivity (Wildman–Crippen MR) is 92.8 cm³/mol. The zero-order valence-corrected chi connectivity index (χ0v) is 16.0. The Bertz CT molecular complexity index is 104. The van der Waals surface area contributed by atoms with Gasteiger partial charge in [0.05, 0.1) is 0 Å². The van der Waals surface area contributed by atoms with Crippen molar-refractivity contribution in [3.05, 3.63) is 0 Å². The quantitative estimate of drug-likeness (QED) is 0.332. The number of hydrogen-bond acceptors (Lipinski definition) is 2. The van der Waals surface area contributed by atoms with E-state index in [0.717, 1.165) is 6.04 Å². The summed E-state index contributed by atoms with van der Waals surface area (Å²) in [5.74, 6) is 0. The van der Waals surface area contributed by atoms with Crippen LogP contribution in [0.2, 0.25) is 6.04 Å². The maximum Gasteiger partial charge on any atom is 0.164 e. The topological polar surface area (TPSA) is 32.6 Å². The molecule has 19 heavy (non-hydrogen) atoms. The average molecular weight is 292 g/mol. The molecule has 3 heteroatoms. The van der Waals surface area contributed by atoms with Crippen LogP contribution in [-0.4, -0.2) is 14.5 Å². The van der Waals surface area contributed by atoms with Crippen molar-refractivity contribution >= 4 is 9.31 Å². The summed E-state index contributed by atoms with van der Waals surface area (Å²) >= 11 is 0. The molecule has 0 atom stereocenters. The van der Waals surface area contributed by atoms with Crippen molar-refractivity contribution in [3.63, 3.8) is 0 Å². The standard InChI is InChI=1S/C4H11NOSi.3C4H10/c1-2-3-4-7-5-6;3*1-3-4-2/h6-7H,2-4H2,1H3;3*3-4H2,1-2H3. The van der Waals surface area contributed by atoms with E-state index in [1.54, 1.807) is 0 Å². The van der Waals surface area contributed by atoms with Gasteiger partial charge in [-0.25, -0.2) is 0 Å². The molecule has 0 fully saturated rings. The zero-order valence-electron chi connectivity index (χ0n) is 14.8. The largest absolute Gasteiger partial charge is 0.421 e. The minimum Gasteiger partial charge on any atom is -0.421 e. The van der Waals surface area contributed by atoms with E-state index in [-0.39, 0.29) is 9.31 Å². The summed E-state index contributed by atoms with van der Waals surface area (Å²) in [7, 11) is -0.00324. The first kappa shape index (κ1) is 27.2. The summed E-state index contributed by atoms with van der Waals surface area (Å²) in [6, 6.07) is 1.10. The fourth-order valence-corrected chi connectivity index (χ4v) is 1.06. The molecule has 0 aliphatic carbocycles. The highest BCUT2D eigenvalue weighted by atomic mass is 28.2. The molecule has 0 amide bonds. The molecule has 0 aromatic heterocycles. The van der Waals surface area contributed by atoms with Gasteiger partial charge in [-0.15, -0.1) is 0 Å². The maximum atomic E-state index is 7.95. The van der Waals surface area contributed by atoms with Crippen LogP contribution in [0.1, 0.15) is 99.8 Å². The lowest BCUT2D eigenvalue weighted by Crippen LogP contribution is -1.73. The van der Waals surface area contributed by atoms with Gasteiger partial charge >= 0.3 is 0 Å². The summed E-state index contributed by atoms with van der Waals surface area (Å²) < 4.78 is 0. The van der Waals surface area contributed by atoms with Crippen LogP contribution in [0.15, 0.2) is 4.80 Å². The van der Waals surface area contributed by atoms with E-state index in [2.05, 4.69) is 53.3 Å². The van der Waals surface area contributed by atoms with E-state index in [9.17, 15) is 0 Å². The third kappa shape index (κ3) is 95.9. The minimum absolute atomic E-state index is 0.00324. The molecular formula is C16H41NOSi. The van der Waals surface area contributed by atoms with Gasteiger partial charge in [0.25, 0.3) is 0 Å². The van der Waals surface area contributed by atoms with Crippen LogP contribution in [0, 0.1) is 0 Å². The van der Waals surface area contributed by atoms with Crippen LogP contribution in [0.5, 0.6) is 0 Å². The smallest absolute Gasteiger partial charge is 0.164 e. The fraction of sp³-hybridized carbons (Fsp3) is 1.00. The summed E-state index contributed by atoms with van der Waals surface area (Å²) in [5.41, 5.74) is 0. The van der Waals surface area contributed by atoms with Gasteiger partial charge in [0.1, 0.15) is 0 Å². The van der Waals surface area contributed by atoms with Crippen molar-refractivity contribution in [2.75, 3.05) is 0 Å². The van der Waals surface area contributed by atoms with Crippen LogP contribution in [0.4, 0.5) is 0 Å². The van der Waals surface area contributed by atoms with E-state index < -0.39 is 0 Å². The molecule has 1 N–H and O–H groups in total. The van der Waals surface area contributed by atoms with Gasteiger partial charge < -0.3 is 5.21 Å². The number of hydrogen-bond donors (Lipinski definition) is 1. The summed E-state index contributed by atoms with van der Waals surface area (Å²) in [6.07, 6.45) is 10.3. The molecule has 120 valence electrons. The molecule has 0 aromatic carbocycles. The first-order valence-corrected chi connectivity index (χ1v) is 9.65. The third-order valence-electron chi connectivity index (χ3n) is 2.27. The Balaban J connectivity index is -0.0000000825. The molecule has 0 radical (unpaired) electrons. The van der Waals surface area contributed by atoms with E-state index in [1.807, 2.05) is 0 Å². The second kappa shape index (κ2) is 43.1. The normalized spacial score (nSPS) is 8.58. The highest BCUT2D eigenvalue weighted by molar-refractivity contribution is 6.20. The molecule has 0 heterocycles. The summed E-state index contributed by atoms with van der Waals surface area (Å²) in [6.45, 7) is 15.2. The van der Waals surface area contributed by atoms with Gasteiger partial charge in [-0.05, 0) is 6.04 Å². The molecule has 0 saturated carbocycles. The SMILES string of the molecule is CCCC.CCCC.CCCC.CCCC[SiH]=NO. The Morgan fingerprint density at radius 1 is 0.632 bits per heavy atom. The highest BCUT2D eigenvalue weighted by Gasteiger charge is 1.76. The molecule has 0 aromatic rings. The first-order chi connectivity index (χ1) is 9.16. The van der Waals surface area contributed by atoms with Crippen molar-refractivity contribution in [2.45, 2.75) is 106 Å². The van der Waals surface area contributed by atoms with E-state index in [0.29, 0.717) is 0 Å². The lowest BCUT2D eigenvalue weighted by molar-refractivity contribution is 0.324. The molecule has 0 spiro atoms. The Hall–Kier alpha value is -0.183. The van der Waals surface area contributed by atoms with Gasteiger partial charge in [-0.2, -0.15) is 4.80 Å². The Morgan fingerprint density at radius 2 is 0.947 bits per heavy atom. The highest BCUT2D eigenvalue weighted by Crippen LogP contribution is 1.89. The van der Waals surface area contributed by atoms with Crippen LogP contribution in [-0.2, 0) is 0 Å². The van der Waals surface area contributed by atoms with Crippen LogP contribution >= 0.6 is 0 Å². The molecular weight excluding hydrogens is 250 g/mol. The molecule has 2 nitrogen and oxygen atoms in total. The average Bonchev–Trinajstić information content (AvgIpc) is 2.48. The molecule has 0 saturated heterocycles. The van der Waals surface area contributed by atoms with Crippen molar-refractivity contribution < 1.29 is 5.21 Å². The van der Waals surface area contributed by atoms with E-state index in [1.165, 1.54) is 51.4 Å². The third-order valence-corrected chi connectivity index (χ3v) is 3.10. The lowest BCUT2D eigenvalue weighted by atomic mass is 10.4. The van der Waals surface area contributed by atoms with Gasteiger partial charge in [-0.1, -0.05) is 99.8 Å². The second-order valence-corrected chi connectivity index (χ2v) is 5.61. The molecule has 0 rings (SSSR count). The Labute approximate surface area is 125 Å². The van der Waals surface area contributed by atoms with Crippen molar-refractivity contribution in [2.24, 2.45) is 4.80 Å². The van der Waals surface area contributed by atoms with Gasteiger partial charge in [-0.3, -0.25) is 0 Å². The molecule has 0 unspecified atom stereocenters. The molecule has 0 aliphatic heterocycles. The number of unbranched alkanes of at least 4 members (excludes halogenated alkanes) is 4. The Morgan fingerprint density at radius 3 is 1.11 bits per heavy atom. The zero-order chi connectivity index (χ0) is 15.8. The second-order valence-electron chi connectivity index (χ2n) is 4.44. The van der Waals surface area contributed by atoms with Crippen molar-refractivity contribution in [1.29, 1.82) is 0 Å². The molecule has 0 bridgehead atoms. The van der Waals surface area contributed by atoms with Crippen molar-refractivity contribution in [1.82, 2.24) is 0 Å². The van der Waals surface area contributed by atoms with E-state index in [4.69, 9.17) is 5.21 Å². The van der Waals surface area contributed by atoms with Crippen LogP contribution in [0.3, 0.4) is 0 Å². The number of rotatable bonds is 6. The Kier molecular flexibility index (Phi) is 61.7. The van der Waals surface area contributed by atoms with Crippen LogP contribution in [0.25, 0.3) is 0 Å². The predicted octanol–water partition coefficient (Wildman–Crippen LogP) is 6.63. The minimum atomic E-state index is -0.00324. The van der Waals surface area contributed by atoms with E-state index >= 15 is 0 Å². The first-order valence-electron chi connectivity index (χ1n) is 8.32. The monoisotopic (exact) mass is 291 g/mol. The lowest BCUT2D eigenvalue weighted by Gasteiger charge is -1.81. The van der Waals surface area contributed by atoms with Crippen molar-refractivity contribution in [3.8, 4) is 0 Å². The van der Waals surface area contributed by atoms with Gasteiger partial charge in [0, 0.05) is 0 Å². The summed E-state index contributed by atoms with van der Waals surface area (Å²) in [5, 5.41) is 7.95.